The maximum Gasteiger partial charge on any atom is 0.120 e. The van der Waals surface area contributed by atoms with E-state index < -0.39 is 6.10 Å². The van der Waals surface area contributed by atoms with Crippen molar-refractivity contribution < 1.29 is 9.84 Å². The van der Waals surface area contributed by atoms with E-state index in [4.69, 9.17) is 4.74 Å². The average molecular weight is 340 g/mol. The molecular formula is C21H28N2O2. The van der Waals surface area contributed by atoms with E-state index in [9.17, 15) is 5.11 Å². The van der Waals surface area contributed by atoms with Gasteiger partial charge in [-0.15, -0.1) is 0 Å². The standard InChI is InChI=1S/C21H28N2O2/c1-3-14-13-23-10-8-15(14)11-20(23)21(24)17-7-9-22-19-6-5-16(25-4-2)12-18(17)19/h5-7,9,12,14-15,20-21,24H,3-4,8,10-11,13H2,1-2H3/t14-,15-,20-,21-/m1/s1. The van der Waals surface area contributed by atoms with Gasteiger partial charge in [0.05, 0.1) is 18.2 Å². The highest BCUT2D eigenvalue weighted by atomic mass is 16.5. The summed E-state index contributed by atoms with van der Waals surface area (Å²) in [5.41, 5.74) is 1.90. The monoisotopic (exact) mass is 340 g/mol. The van der Waals surface area contributed by atoms with Crippen molar-refractivity contribution in [3.8, 4) is 5.75 Å². The van der Waals surface area contributed by atoms with Crippen LogP contribution in [0, 0.1) is 11.8 Å². The Hall–Kier alpha value is -1.65. The number of hydrogen-bond donors (Lipinski definition) is 1. The number of aliphatic hydroxyl groups is 1. The lowest BCUT2D eigenvalue weighted by Gasteiger charge is -2.51. The number of ether oxygens (including phenoxy) is 1. The van der Waals surface area contributed by atoms with Gasteiger partial charge in [0.15, 0.2) is 0 Å². The van der Waals surface area contributed by atoms with Crippen molar-refractivity contribution >= 4 is 10.9 Å². The second-order valence-corrected chi connectivity index (χ2v) is 7.47. The normalized spacial score (nSPS) is 29.7. The SMILES string of the molecule is CCOc1ccc2nccc([C@@H](O)[C@H]3C[C@H]4CCN3C[C@H]4CC)c2c1. The van der Waals surface area contributed by atoms with E-state index in [1.807, 2.05) is 37.4 Å². The lowest BCUT2D eigenvalue weighted by atomic mass is 9.72. The van der Waals surface area contributed by atoms with Crippen LogP contribution in [0.2, 0.25) is 0 Å². The molecule has 0 spiro atoms. The van der Waals surface area contributed by atoms with Gasteiger partial charge in [0, 0.05) is 24.2 Å². The minimum atomic E-state index is -0.469. The molecule has 0 saturated carbocycles. The molecule has 2 bridgehead atoms. The second kappa shape index (κ2) is 6.93. The van der Waals surface area contributed by atoms with Crippen LogP contribution in [0.15, 0.2) is 30.5 Å². The Morgan fingerprint density at radius 2 is 2.20 bits per heavy atom. The third kappa shape index (κ3) is 3.02. The van der Waals surface area contributed by atoms with Crippen molar-refractivity contribution in [3.05, 3.63) is 36.0 Å². The van der Waals surface area contributed by atoms with Crippen LogP contribution < -0.4 is 4.74 Å². The molecule has 3 saturated heterocycles. The molecule has 1 unspecified atom stereocenters. The Kier molecular flexibility index (Phi) is 4.65. The summed E-state index contributed by atoms with van der Waals surface area (Å²) in [5.74, 6) is 2.41. The first kappa shape index (κ1) is 16.8. The molecule has 0 radical (unpaired) electrons. The number of benzene rings is 1. The number of piperidine rings is 3. The van der Waals surface area contributed by atoms with Gasteiger partial charge in [-0.25, -0.2) is 0 Å². The minimum Gasteiger partial charge on any atom is -0.494 e. The van der Waals surface area contributed by atoms with Gasteiger partial charge in [-0.3, -0.25) is 9.88 Å². The van der Waals surface area contributed by atoms with Crippen LogP contribution in [-0.2, 0) is 0 Å². The number of rotatable bonds is 5. The number of hydrogen-bond acceptors (Lipinski definition) is 4. The molecule has 4 heteroatoms. The van der Waals surface area contributed by atoms with E-state index in [-0.39, 0.29) is 6.04 Å². The molecule has 3 fully saturated rings. The zero-order valence-corrected chi connectivity index (χ0v) is 15.2. The smallest absolute Gasteiger partial charge is 0.120 e. The molecule has 25 heavy (non-hydrogen) atoms. The number of pyridine rings is 1. The highest BCUT2D eigenvalue weighted by molar-refractivity contribution is 5.83. The summed E-state index contributed by atoms with van der Waals surface area (Å²) in [4.78, 5) is 6.98. The third-order valence-electron chi connectivity index (χ3n) is 6.20. The summed E-state index contributed by atoms with van der Waals surface area (Å²) in [7, 11) is 0. The summed E-state index contributed by atoms with van der Waals surface area (Å²) in [6, 6.07) is 8.16. The van der Waals surface area contributed by atoms with E-state index in [0.29, 0.717) is 6.61 Å². The molecular weight excluding hydrogens is 312 g/mol. The van der Waals surface area contributed by atoms with Crippen LogP contribution in [0.5, 0.6) is 5.75 Å². The van der Waals surface area contributed by atoms with Gasteiger partial charge in [0.1, 0.15) is 5.75 Å². The van der Waals surface area contributed by atoms with Crippen LogP contribution in [-0.4, -0.2) is 40.7 Å². The van der Waals surface area contributed by atoms with Crippen molar-refractivity contribution in [2.24, 2.45) is 11.8 Å². The topological polar surface area (TPSA) is 45.6 Å². The van der Waals surface area contributed by atoms with Crippen LogP contribution in [0.4, 0.5) is 0 Å². The Balaban J connectivity index is 1.66. The van der Waals surface area contributed by atoms with E-state index in [2.05, 4.69) is 16.8 Å². The zero-order chi connectivity index (χ0) is 17.4. The number of aromatic nitrogens is 1. The molecule has 3 aliphatic heterocycles. The van der Waals surface area contributed by atoms with Gasteiger partial charge in [-0.05, 0) is 68.0 Å². The lowest BCUT2D eigenvalue weighted by Crippen LogP contribution is -2.55. The Morgan fingerprint density at radius 3 is 2.92 bits per heavy atom. The molecule has 3 aliphatic rings. The Labute approximate surface area is 149 Å². The van der Waals surface area contributed by atoms with Crippen molar-refractivity contribution in [2.45, 2.75) is 45.3 Å². The first-order valence-corrected chi connectivity index (χ1v) is 9.64. The molecule has 4 heterocycles. The average Bonchev–Trinajstić information content (AvgIpc) is 2.67. The Bertz CT molecular complexity index is 748. The molecule has 1 N–H and O–H groups in total. The fourth-order valence-corrected chi connectivity index (χ4v) is 4.84. The molecule has 0 aliphatic carbocycles. The van der Waals surface area contributed by atoms with Gasteiger partial charge in [-0.1, -0.05) is 13.3 Å². The van der Waals surface area contributed by atoms with Gasteiger partial charge in [-0.2, -0.15) is 0 Å². The van der Waals surface area contributed by atoms with Crippen molar-refractivity contribution in [1.29, 1.82) is 0 Å². The van der Waals surface area contributed by atoms with Crippen molar-refractivity contribution in [2.75, 3.05) is 19.7 Å². The fraction of sp³-hybridized carbons (Fsp3) is 0.571. The molecule has 1 aromatic heterocycles. The van der Waals surface area contributed by atoms with E-state index in [1.54, 1.807) is 0 Å². The molecule has 5 rings (SSSR count). The van der Waals surface area contributed by atoms with Crippen LogP contribution in [0.1, 0.15) is 44.8 Å². The largest absolute Gasteiger partial charge is 0.494 e. The molecule has 0 amide bonds. The maximum absolute atomic E-state index is 11.2. The second-order valence-electron chi connectivity index (χ2n) is 7.47. The zero-order valence-electron chi connectivity index (χ0n) is 15.2. The molecule has 1 aromatic carbocycles. The molecule has 2 aromatic rings. The number of aliphatic hydroxyl groups excluding tert-OH is 1. The van der Waals surface area contributed by atoms with Crippen LogP contribution >= 0.6 is 0 Å². The number of nitrogens with zero attached hydrogens (tertiary/aromatic N) is 2. The highest BCUT2D eigenvalue weighted by Gasteiger charge is 2.42. The van der Waals surface area contributed by atoms with E-state index in [1.165, 1.54) is 12.8 Å². The van der Waals surface area contributed by atoms with Crippen molar-refractivity contribution in [1.82, 2.24) is 9.88 Å². The summed E-state index contributed by atoms with van der Waals surface area (Å²) in [6.07, 6.45) is 4.98. The molecule has 134 valence electrons. The predicted octanol–water partition coefficient (Wildman–Crippen LogP) is 3.79. The van der Waals surface area contributed by atoms with Crippen molar-refractivity contribution in [3.63, 3.8) is 0 Å². The quantitative estimate of drug-likeness (QED) is 0.899. The summed E-state index contributed by atoms with van der Waals surface area (Å²) in [6.45, 7) is 7.18. The van der Waals surface area contributed by atoms with Crippen LogP contribution in [0.25, 0.3) is 10.9 Å². The maximum atomic E-state index is 11.2. The highest BCUT2D eigenvalue weighted by Crippen LogP contribution is 2.42. The fourth-order valence-electron chi connectivity index (χ4n) is 4.84. The first-order valence-electron chi connectivity index (χ1n) is 9.64. The van der Waals surface area contributed by atoms with Gasteiger partial charge >= 0.3 is 0 Å². The Morgan fingerprint density at radius 1 is 1.32 bits per heavy atom. The number of fused-ring (bicyclic) bond motifs is 4. The summed E-state index contributed by atoms with van der Waals surface area (Å²) >= 11 is 0. The lowest BCUT2D eigenvalue weighted by molar-refractivity contribution is -0.0562. The minimum absolute atomic E-state index is 0.225. The molecule has 4 nitrogen and oxygen atoms in total. The van der Waals surface area contributed by atoms with E-state index in [0.717, 1.165) is 53.6 Å². The van der Waals surface area contributed by atoms with Gasteiger partial charge in [0.25, 0.3) is 0 Å². The summed E-state index contributed by atoms with van der Waals surface area (Å²) in [5, 5.41) is 12.2. The molecule has 5 atom stereocenters. The van der Waals surface area contributed by atoms with Gasteiger partial charge in [0.2, 0.25) is 0 Å². The van der Waals surface area contributed by atoms with Gasteiger partial charge < -0.3 is 9.84 Å². The first-order chi connectivity index (χ1) is 12.2. The predicted molar refractivity (Wildman–Crippen MR) is 99.7 cm³/mol. The van der Waals surface area contributed by atoms with Crippen LogP contribution in [0.3, 0.4) is 0 Å². The van der Waals surface area contributed by atoms with E-state index >= 15 is 0 Å². The summed E-state index contributed by atoms with van der Waals surface area (Å²) < 4.78 is 5.65. The third-order valence-corrected chi connectivity index (χ3v) is 6.20.